The molecule has 0 aliphatic carbocycles. The first-order valence-electron chi connectivity index (χ1n) is 6.52. The molecular formula is C17H16N2. The van der Waals surface area contributed by atoms with Gasteiger partial charge in [0.15, 0.2) is 0 Å². The van der Waals surface area contributed by atoms with Crippen LogP contribution in [0, 0.1) is 0 Å². The highest BCUT2D eigenvalue weighted by atomic mass is 14.7. The van der Waals surface area contributed by atoms with Crippen molar-refractivity contribution in [2.24, 2.45) is 5.73 Å². The zero-order chi connectivity index (χ0) is 13.1. The van der Waals surface area contributed by atoms with E-state index >= 15 is 0 Å². The van der Waals surface area contributed by atoms with Crippen molar-refractivity contribution in [1.29, 1.82) is 0 Å². The largest absolute Gasteiger partial charge is 0.330 e. The molecule has 3 aromatic rings. The van der Waals surface area contributed by atoms with Crippen LogP contribution >= 0.6 is 0 Å². The maximum atomic E-state index is 5.68. The second kappa shape index (κ2) is 5.21. The van der Waals surface area contributed by atoms with Gasteiger partial charge in [-0.3, -0.25) is 0 Å². The van der Waals surface area contributed by atoms with E-state index in [1.165, 1.54) is 16.5 Å². The van der Waals surface area contributed by atoms with Gasteiger partial charge in [0.25, 0.3) is 0 Å². The Labute approximate surface area is 112 Å². The van der Waals surface area contributed by atoms with Gasteiger partial charge >= 0.3 is 0 Å². The van der Waals surface area contributed by atoms with E-state index in [2.05, 4.69) is 36.4 Å². The lowest BCUT2D eigenvalue weighted by molar-refractivity contribution is 0.969. The number of nitrogens with zero attached hydrogens (tertiary/aromatic N) is 1. The van der Waals surface area contributed by atoms with Crippen LogP contribution in [0.2, 0.25) is 0 Å². The Morgan fingerprint density at radius 1 is 0.842 bits per heavy atom. The molecule has 0 amide bonds. The van der Waals surface area contributed by atoms with Crippen LogP contribution in [0.3, 0.4) is 0 Å². The van der Waals surface area contributed by atoms with Crippen LogP contribution in [0.25, 0.3) is 22.2 Å². The summed E-state index contributed by atoms with van der Waals surface area (Å²) < 4.78 is 0. The van der Waals surface area contributed by atoms with Gasteiger partial charge in [-0.1, -0.05) is 48.5 Å². The molecule has 1 aromatic heterocycles. The second-order valence-electron chi connectivity index (χ2n) is 4.59. The van der Waals surface area contributed by atoms with Gasteiger partial charge in [0.1, 0.15) is 0 Å². The van der Waals surface area contributed by atoms with Crippen LogP contribution in [0.5, 0.6) is 0 Å². The molecule has 0 saturated heterocycles. The summed E-state index contributed by atoms with van der Waals surface area (Å²) in [4.78, 5) is 4.75. The molecule has 1 heterocycles. The molecule has 0 unspecified atom stereocenters. The maximum absolute atomic E-state index is 5.68. The average Bonchev–Trinajstić information content (AvgIpc) is 2.48. The Bertz CT molecular complexity index is 704. The molecule has 0 saturated carbocycles. The van der Waals surface area contributed by atoms with Crippen LogP contribution < -0.4 is 5.73 Å². The van der Waals surface area contributed by atoms with E-state index in [0.717, 1.165) is 17.6 Å². The number of hydrogen-bond donors (Lipinski definition) is 1. The maximum Gasteiger partial charge on any atom is 0.0712 e. The number of para-hydroxylation sites is 1. The summed E-state index contributed by atoms with van der Waals surface area (Å²) in [7, 11) is 0. The third kappa shape index (κ3) is 2.35. The van der Waals surface area contributed by atoms with Crippen LogP contribution in [-0.4, -0.2) is 11.5 Å². The van der Waals surface area contributed by atoms with Gasteiger partial charge in [0, 0.05) is 10.9 Å². The molecule has 0 aliphatic rings. The Kier molecular flexibility index (Phi) is 3.25. The molecule has 19 heavy (non-hydrogen) atoms. The zero-order valence-corrected chi connectivity index (χ0v) is 10.7. The first kappa shape index (κ1) is 11.9. The standard InChI is InChI=1S/C17H16N2/c18-12-11-13-5-1-3-7-15(13)17-10-9-14-6-2-4-8-16(14)19-17/h1-10H,11-12,18H2. The van der Waals surface area contributed by atoms with Gasteiger partial charge in [-0.25, -0.2) is 4.98 Å². The molecule has 2 nitrogen and oxygen atoms in total. The van der Waals surface area contributed by atoms with E-state index in [9.17, 15) is 0 Å². The lowest BCUT2D eigenvalue weighted by atomic mass is 10.0. The SMILES string of the molecule is NCCc1ccccc1-c1ccc2ccccc2n1. The predicted octanol–water partition coefficient (Wildman–Crippen LogP) is 3.40. The highest BCUT2D eigenvalue weighted by Crippen LogP contribution is 2.24. The predicted molar refractivity (Wildman–Crippen MR) is 79.9 cm³/mol. The minimum atomic E-state index is 0.657. The quantitative estimate of drug-likeness (QED) is 0.771. The molecule has 2 aromatic carbocycles. The van der Waals surface area contributed by atoms with Crippen LogP contribution in [0.15, 0.2) is 60.7 Å². The van der Waals surface area contributed by atoms with E-state index in [-0.39, 0.29) is 0 Å². The number of hydrogen-bond acceptors (Lipinski definition) is 2. The van der Waals surface area contributed by atoms with Crippen molar-refractivity contribution in [1.82, 2.24) is 4.98 Å². The molecule has 3 rings (SSSR count). The summed E-state index contributed by atoms with van der Waals surface area (Å²) in [5.74, 6) is 0. The van der Waals surface area contributed by atoms with Gasteiger partial charge < -0.3 is 5.73 Å². The topological polar surface area (TPSA) is 38.9 Å². The van der Waals surface area contributed by atoms with Gasteiger partial charge in [0.05, 0.1) is 11.2 Å². The fourth-order valence-electron chi connectivity index (χ4n) is 2.36. The smallest absolute Gasteiger partial charge is 0.0712 e. The Morgan fingerprint density at radius 3 is 2.53 bits per heavy atom. The molecule has 0 aliphatic heterocycles. The van der Waals surface area contributed by atoms with Crippen molar-refractivity contribution in [3.05, 3.63) is 66.2 Å². The number of rotatable bonds is 3. The van der Waals surface area contributed by atoms with Crippen molar-refractivity contribution >= 4 is 10.9 Å². The summed E-state index contributed by atoms with van der Waals surface area (Å²) in [6.45, 7) is 0.657. The molecule has 0 spiro atoms. The third-order valence-corrected chi connectivity index (χ3v) is 3.31. The van der Waals surface area contributed by atoms with Crippen LogP contribution in [0.4, 0.5) is 0 Å². The third-order valence-electron chi connectivity index (χ3n) is 3.31. The van der Waals surface area contributed by atoms with Gasteiger partial charge in [-0.05, 0) is 30.7 Å². The lowest BCUT2D eigenvalue weighted by Crippen LogP contribution is -2.04. The highest BCUT2D eigenvalue weighted by Gasteiger charge is 2.05. The Hall–Kier alpha value is -2.19. The van der Waals surface area contributed by atoms with E-state index in [1.54, 1.807) is 0 Å². The minimum Gasteiger partial charge on any atom is -0.330 e. The number of fused-ring (bicyclic) bond motifs is 1. The van der Waals surface area contributed by atoms with Crippen molar-refractivity contribution in [3.63, 3.8) is 0 Å². The summed E-state index contributed by atoms with van der Waals surface area (Å²) >= 11 is 0. The first-order chi connectivity index (χ1) is 9.38. The van der Waals surface area contributed by atoms with E-state index in [4.69, 9.17) is 10.7 Å². The highest BCUT2D eigenvalue weighted by molar-refractivity contribution is 5.81. The number of pyridine rings is 1. The molecule has 0 atom stereocenters. The first-order valence-corrected chi connectivity index (χ1v) is 6.52. The average molecular weight is 248 g/mol. The molecule has 0 bridgehead atoms. The minimum absolute atomic E-state index is 0.657. The fraction of sp³-hybridized carbons (Fsp3) is 0.118. The van der Waals surface area contributed by atoms with Crippen molar-refractivity contribution < 1.29 is 0 Å². The van der Waals surface area contributed by atoms with Crippen molar-refractivity contribution in [2.45, 2.75) is 6.42 Å². The molecule has 2 N–H and O–H groups in total. The summed E-state index contributed by atoms with van der Waals surface area (Å²) in [5.41, 5.74) is 10.2. The molecule has 0 fully saturated rings. The molecule has 2 heteroatoms. The zero-order valence-electron chi connectivity index (χ0n) is 10.7. The van der Waals surface area contributed by atoms with Crippen molar-refractivity contribution in [3.8, 4) is 11.3 Å². The lowest BCUT2D eigenvalue weighted by Gasteiger charge is -2.08. The molecule has 94 valence electrons. The monoisotopic (exact) mass is 248 g/mol. The molecular weight excluding hydrogens is 232 g/mol. The van der Waals surface area contributed by atoms with E-state index < -0.39 is 0 Å². The summed E-state index contributed by atoms with van der Waals surface area (Å²) in [6.07, 6.45) is 0.880. The Morgan fingerprint density at radius 2 is 1.63 bits per heavy atom. The number of nitrogens with two attached hydrogens (primary N) is 1. The molecule has 0 radical (unpaired) electrons. The fourth-order valence-corrected chi connectivity index (χ4v) is 2.36. The number of aromatic nitrogens is 1. The second-order valence-corrected chi connectivity index (χ2v) is 4.59. The van der Waals surface area contributed by atoms with Crippen LogP contribution in [-0.2, 0) is 6.42 Å². The van der Waals surface area contributed by atoms with Crippen LogP contribution in [0.1, 0.15) is 5.56 Å². The van der Waals surface area contributed by atoms with Gasteiger partial charge in [-0.2, -0.15) is 0 Å². The van der Waals surface area contributed by atoms with Gasteiger partial charge in [-0.15, -0.1) is 0 Å². The normalized spacial score (nSPS) is 10.8. The van der Waals surface area contributed by atoms with Crippen molar-refractivity contribution in [2.75, 3.05) is 6.54 Å². The Balaban J connectivity index is 2.13. The summed E-state index contributed by atoms with van der Waals surface area (Å²) in [5, 5.41) is 1.17. The summed E-state index contributed by atoms with van der Waals surface area (Å²) in [6, 6.07) is 20.7. The van der Waals surface area contributed by atoms with E-state index in [1.807, 2.05) is 24.3 Å². The number of benzene rings is 2. The van der Waals surface area contributed by atoms with Gasteiger partial charge in [0.2, 0.25) is 0 Å². The van der Waals surface area contributed by atoms with E-state index in [0.29, 0.717) is 6.54 Å².